The highest BCUT2D eigenvalue weighted by atomic mass is 16.4. The van der Waals surface area contributed by atoms with Crippen LogP contribution in [-0.2, 0) is 13.0 Å². The number of hydrogen-bond acceptors (Lipinski definition) is 3. The van der Waals surface area contributed by atoms with Crippen LogP contribution in [0.2, 0.25) is 0 Å². The van der Waals surface area contributed by atoms with Gasteiger partial charge >= 0.3 is 5.97 Å². The average Bonchev–Trinajstić information content (AvgIpc) is 3.03. The predicted molar refractivity (Wildman–Crippen MR) is 69.0 cm³/mol. The number of rotatable bonds is 4. The quantitative estimate of drug-likeness (QED) is 0.744. The lowest BCUT2D eigenvalue weighted by Crippen LogP contribution is -2.01. The summed E-state index contributed by atoms with van der Waals surface area (Å²) in [4.78, 5) is 13.9. The van der Waals surface area contributed by atoms with Crippen molar-refractivity contribution in [3.63, 3.8) is 0 Å². The fourth-order valence-corrected chi connectivity index (χ4v) is 2.08. The Kier molecular flexibility index (Phi) is 2.75. The van der Waals surface area contributed by atoms with Crippen molar-refractivity contribution < 1.29 is 9.90 Å². The predicted octanol–water partition coefficient (Wildman–Crippen LogP) is 1.70. The van der Waals surface area contributed by atoms with Gasteiger partial charge in [-0.3, -0.25) is 4.68 Å². The number of carbonyl (C=O) groups is 1. The molecule has 0 atom stereocenters. The molecule has 0 fully saturated rings. The summed E-state index contributed by atoms with van der Waals surface area (Å²) in [5.74, 6) is -1.06. The molecule has 0 saturated carbocycles. The molecule has 2 heterocycles. The number of aromatic carboxylic acids is 1. The molecule has 3 rings (SSSR count). The molecule has 1 aromatic carbocycles. The van der Waals surface area contributed by atoms with Crippen LogP contribution in [0.5, 0.6) is 0 Å². The lowest BCUT2D eigenvalue weighted by molar-refractivity contribution is 0.0690. The first kappa shape index (κ1) is 11.5. The number of H-pyrrole nitrogens is 1. The van der Waals surface area contributed by atoms with Gasteiger partial charge in [-0.15, -0.1) is 5.10 Å². The highest BCUT2D eigenvalue weighted by Crippen LogP contribution is 2.18. The van der Waals surface area contributed by atoms with E-state index in [1.165, 1.54) is 17.1 Å². The van der Waals surface area contributed by atoms with Crippen molar-refractivity contribution in [3.8, 4) is 0 Å². The van der Waals surface area contributed by atoms with Crippen molar-refractivity contribution in [1.82, 2.24) is 20.0 Å². The lowest BCUT2D eigenvalue weighted by Gasteiger charge is -1.99. The number of aryl methyl sites for hydroxylation is 2. The number of para-hydroxylation sites is 1. The number of nitrogens with zero attached hydrogens (tertiary/aromatic N) is 3. The second-order valence-electron chi connectivity index (χ2n) is 4.28. The fraction of sp³-hybridized carbons (Fsp3) is 0.154. The molecule has 0 amide bonds. The van der Waals surface area contributed by atoms with Crippen molar-refractivity contribution >= 4 is 16.9 Å². The van der Waals surface area contributed by atoms with Crippen LogP contribution in [0.1, 0.15) is 16.1 Å². The number of carboxylic acids is 1. The van der Waals surface area contributed by atoms with Gasteiger partial charge in [0.2, 0.25) is 0 Å². The minimum Gasteiger partial charge on any atom is -0.476 e. The molecule has 0 bridgehead atoms. The summed E-state index contributed by atoms with van der Waals surface area (Å²) in [6, 6.07) is 8.07. The zero-order valence-corrected chi connectivity index (χ0v) is 10.1. The van der Waals surface area contributed by atoms with Crippen LogP contribution in [0.25, 0.3) is 10.9 Å². The maximum absolute atomic E-state index is 10.7. The van der Waals surface area contributed by atoms with Crippen molar-refractivity contribution in [3.05, 3.63) is 47.9 Å². The van der Waals surface area contributed by atoms with Crippen molar-refractivity contribution in [1.29, 1.82) is 0 Å². The van der Waals surface area contributed by atoms with E-state index >= 15 is 0 Å². The number of benzene rings is 1. The molecule has 6 nitrogen and oxygen atoms in total. The van der Waals surface area contributed by atoms with Gasteiger partial charge in [0.25, 0.3) is 0 Å². The Hall–Kier alpha value is -2.63. The molecule has 0 aliphatic carbocycles. The highest BCUT2D eigenvalue weighted by Gasteiger charge is 2.09. The molecule has 0 aliphatic rings. The van der Waals surface area contributed by atoms with Crippen LogP contribution in [-0.4, -0.2) is 31.1 Å². The van der Waals surface area contributed by atoms with Gasteiger partial charge in [0, 0.05) is 23.6 Å². The summed E-state index contributed by atoms with van der Waals surface area (Å²) < 4.78 is 1.55. The van der Waals surface area contributed by atoms with Crippen molar-refractivity contribution in [2.75, 3.05) is 0 Å². The first-order chi connectivity index (χ1) is 9.24. The molecule has 0 spiro atoms. The topological polar surface area (TPSA) is 83.8 Å². The third-order valence-corrected chi connectivity index (χ3v) is 3.04. The zero-order valence-electron chi connectivity index (χ0n) is 10.1. The van der Waals surface area contributed by atoms with Crippen molar-refractivity contribution in [2.24, 2.45) is 0 Å². The monoisotopic (exact) mass is 256 g/mol. The van der Waals surface area contributed by atoms with E-state index in [0.29, 0.717) is 6.54 Å². The molecule has 0 aliphatic heterocycles. The first-order valence-electron chi connectivity index (χ1n) is 5.92. The molecule has 2 aromatic heterocycles. The summed E-state index contributed by atoms with van der Waals surface area (Å²) in [5.41, 5.74) is 2.25. The van der Waals surface area contributed by atoms with Gasteiger partial charge in [-0.1, -0.05) is 23.4 Å². The lowest BCUT2D eigenvalue weighted by atomic mass is 10.1. The molecule has 96 valence electrons. The fourth-order valence-electron chi connectivity index (χ4n) is 2.08. The van der Waals surface area contributed by atoms with Crippen LogP contribution < -0.4 is 0 Å². The average molecular weight is 256 g/mol. The smallest absolute Gasteiger partial charge is 0.358 e. The van der Waals surface area contributed by atoms with Gasteiger partial charge < -0.3 is 10.1 Å². The minimum absolute atomic E-state index is 0.0288. The molecular formula is C13H12N4O2. The normalized spacial score (nSPS) is 10.9. The number of aromatic amines is 1. The molecule has 0 unspecified atom stereocenters. The number of fused-ring (bicyclic) bond motifs is 1. The Labute approximate surface area is 108 Å². The van der Waals surface area contributed by atoms with E-state index in [1.807, 2.05) is 24.4 Å². The minimum atomic E-state index is -1.06. The maximum Gasteiger partial charge on any atom is 0.358 e. The molecule has 0 radical (unpaired) electrons. The number of aromatic nitrogens is 4. The van der Waals surface area contributed by atoms with Gasteiger partial charge in [0.05, 0.1) is 6.20 Å². The van der Waals surface area contributed by atoms with E-state index in [0.717, 1.165) is 11.9 Å². The van der Waals surface area contributed by atoms with Crippen LogP contribution >= 0.6 is 0 Å². The third kappa shape index (κ3) is 2.20. The molecule has 3 aromatic rings. The standard InChI is InChI=1S/C13H12N4O2/c18-13(19)12-8-17(16-15-12)6-5-9-7-14-11-4-2-1-3-10(9)11/h1-4,7-8,14H,5-6H2,(H,18,19). The Morgan fingerprint density at radius 1 is 1.37 bits per heavy atom. The number of carboxylic acid groups (broad SMARTS) is 1. The maximum atomic E-state index is 10.7. The summed E-state index contributed by atoms with van der Waals surface area (Å²) >= 11 is 0. The summed E-state index contributed by atoms with van der Waals surface area (Å²) in [7, 11) is 0. The SMILES string of the molecule is O=C(O)c1cn(CCc2c[nH]c3ccccc23)nn1. The third-order valence-electron chi connectivity index (χ3n) is 3.04. The Balaban J connectivity index is 1.76. The van der Waals surface area contributed by atoms with Crippen LogP contribution in [0.15, 0.2) is 36.7 Å². The zero-order chi connectivity index (χ0) is 13.2. The number of hydrogen-bond donors (Lipinski definition) is 2. The van der Waals surface area contributed by atoms with Gasteiger partial charge in [0.15, 0.2) is 5.69 Å². The molecule has 2 N–H and O–H groups in total. The number of nitrogens with one attached hydrogen (secondary N) is 1. The van der Waals surface area contributed by atoms with E-state index in [1.54, 1.807) is 4.68 Å². The van der Waals surface area contributed by atoms with E-state index in [2.05, 4.69) is 21.4 Å². The van der Waals surface area contributed by atoms with E-state index in [9.17, 15) is 4.79 Å². The summed E-state index contributed by atoms with van der Waals surface area (Å²) in [6.07, 6.45) is 4.18. The Morgan fingerprint density at radius 2 is 2.21 bits per heavy atom. The molecule has 0 saturated heterocycles. The van der Waals surface area contributed by atoms with E-state index < -0.39 is 5.97 Å². The Morgan fingerprint density at radius 3 is 3.00 bits per heavy atom. The van der Waals surface area contributed by atoms with Gasteiger partial charge in [-0.05, 0) is 18.1 Å². The van der Waals surface area contributed by atoms with Crippen molar-refractivity contribution in [2.45, 2.75) is 13.0 Å². The molecule has 6 heteroatoms. The van der Waals surface area contributed by atoms with Gasteiger partial charge in [-0.25, -0.2) is 4.79 Å². The highest BCUT2D eigenvalue weighted by molar-refractivity contribution is 5.84. The largest absolute Gasteiger partial charge is 0.476 e. The molecule has 19 heavy (non-hydrogen) atoms. The van der Waals surface area contributed by atoms with Crippen LogP contribution in [0, 0.1) is 0 Å². The van der Waals surface area contributed by atoms with Gasteiger partial charge in [0.1, 0.15) is 0 Å². The molecular weight excluding hydrogens is 244 g/mol. The van der Waals surface area contributed by atoms with Gasteiger partial charge in [-0.2, -0.15) is 0 Å². The summed E-state index contributed by atoms with van der Waals surface area (Å²) in [6.45, 7) is 0.599. The summed E-state index contributed by atoms with van der Waals surface area (Å²) in [5, 5.41) is 17.3. The second-order valence-corrected chi connectivity index (χ2v) is 4.28. The van der Waals surface area contributed by atoms with Crippen LogP contribution in [0.3, 0.4) is 0 Å². The first-order valence-corrected chi connectivity index (χ1v) is 5.92. The van der Waals surface area contributed by atoms with E-state index in [4.69, 9.17) is 5.11 Å². The van der Waals surface area contributed by atoms with E-state index in [-0.39, 0.29) is 5.69 Å². The second kappa shape index (κ2) is 4.56. The Bertz CT molecular complexity index is 729. The van der Waals surface area contributed by atoms with Crippen LogP contribution in [0.4, 0.5) is 0 Å².